The molecule has 0 radical (unpaired) electrons. The van der Waals surface area contributed by atoms with Gasteiger partial charge in [0.05, 0.1) is 30.0 Å². The fraction of sp³-hybridized carbons (Fsp3) is 0.353. The molecule has 1 amide bonds. The van der Waals surface area contributed by atoms with E-state index in [1.54, 1.807) is 6.92 Å². The zero-order valence-electron chi connectivity index (χ0n) is 14.0. The Bertz CT molecular complexity index is 805. The first-order chi connectivity index (χ1) is 12.3. The van der Waals surface area contributed by atoms with Gasteiger partial charge in [-0.05, 0) is 25.1 Å². The van der Waals surface area contributed by atoms with E-state index in [1.165, 1.54) is 18.3 Å². The number of benzene rings is 1. The Morgan fingerprint density at radius 2 is 2.00 bits per heavy atom. The van der Waals surface area contributed by atoms with Crippen LogP contribution in [0.2, 0.25) is 0 Å². The van der Waals surface area contributed by atoms with Crippen molar-refractivity contribution in [3.8, 4) is 0 Å². The molecule has 6 nitrogen and oxygen atoms in total. The number of hydrogen-bond acceptors (Lipinski definition) is 5. The molecule has 1 aliphatic heterocycles. The molecule has 138 valence electrons. The summed E-state index contributed by atoms with van der Waals surface area (Å²) >= 11 is 0. The Morgan fingerprint density at radius 3 is 2.65 bits per heavy atom. The van der Waals surface area contributed by atoms with Gasteiger partial charge in [-0.1, -0.05) is 6.07 Å². The third-order valence-electron chi connectivity index (χ3n) is 3.95. The van der Waals surface area contributed by atoms with E-state index < -0.39 is 17.6 Å². The average molecular weight is 366 g/mol. The first kappa shape index (κ1) is 18.1. The molecular formula is C17H17F3N4O2. The highest BCUT2D eigenvalue weighted by Gasteiger charge is 2.30. The van der Waals surface area contributed by atoms with Crippen LogP contribution >= 0.6 is 0 Å². The molecule has 3 rings (SSSR count). The summed E-state index contributed by atoms with van der Waals surface area (Å²) in [7, 11) is 0. The summed E-state index contributed by atoms with van der Waals surface area (Å²) < 4.78 is 43.6. The normalized spacial score (nSPS) is 15.0. The van der Waals surface area contributed by atoms with E-state index in [0.717, 1.165) is 12.1 Å². The Hall–Kier alpha value is -2.68. The molecule has 1 aliphatic rings. The van der Waals surface area contributed by atoms with Crippen molar-refractivity contribution in [1.29, 1.82) is 0 Å². The van der Waals surface area contributed by atoms with Crippen LogP contribution in [0.1, 0.15) is 21.6 Å². The molecule has 2 aromatic rings. The molecule has 1 fully saturated rings. The Kier molecular flexibility index (Phi) is 5.08. The maximum atomic E-state index is 12.8. The molecule has 9 heteroatoms. The highest BCUT2D eigenvalue weighted by atomic mass is 19.4. The van der Waals surface area contributed by atoms with Gasteiger partial charge in [-0.25, -0.2) is 9.97 Å². The zero-order valence-corrected chi connectivity index (χ0v) is 14.0. The third kappa shape index (κ3) is 4.10. The van der Waals surface area contributed by atoms with Crippen LogP contribution in [-0.2, 0) is 10.9 Å². The maximum absolute atomic E-state index is 12.8. The molecule has 0 aliphatic carbocycles. The summed E-state index contributed by atoms with van der Waals surface area (Å²) in [6.45, 7) is 4.15. The molecule has 1 saturated heterocycles. The zero-order chi connectivity index (χ0) is 18.7. The van der Waals surface area contributed by atoms with E-state index in [-0.39, 0.29) is 11.3 Å². The number of ether oxygens (including phenoxy) is 1. The lowest BCUT2D eigenvalue weighted by molar-refractivity contribution is -0.137. The molecule has 0 atom stereocenters. The van der Waals surface area contributed by atoms with Crippen LogP contribution in [0.3, 0.4) is 0 Å². The van der Waals surface area contributed by atoms with Gasteiger partial charge in [0.2, 0.25) is 5.95 Å². The predicted molar refractivity (Wildman–Crippen MR) is 89.2 cm³/mol. The van der Waals surface area contributed by atoms with E-state index >= 15 is 0 Å². The number of nitrogens with one attached hydrogen (secondary N) is 1. The van der Waals surface area contributed by atoms with Gasteiger partial charge in [0.25, 0.3) is 5.91 Å². The fourth-order valence-electron chi connectivity index (χ4n) is 2.57. The van der Waals surface area contributed by atoms with Crippen LogP contribution in [0.25, 0.3) is 0 Å². The largest absolute Gasteiger partial charge is 0.416 e. The molecule has 1 N–H and O–H groups in total. The smallest absolute Gasteiger partial charge is 0.378 e. The predicted octanol–water partition coefficient (Wildman–Crippen LogP) is 2.89. The summed E-state index contributed by atoms with van der Waals surface area (Å²) in [5.41, 5.74) is -0.113. The molecule has 1 aromatic heterocycles. The molecule has 1 aromatic carbocycles. The van der Waals surface area contributed by atoms with Crippen LogP contribution in [-0.4, -0.2) is 42.2 Å². The van der Waals surface area contributed by atoms with Crippen LogP contribution in [0.5, 0.6) is 0 Å². The maximum Gasteiger partial charge on any atom is 0.416 e. The Balaban J connectivity index is 1.76. The topological polar surface area (TPSA) is 67.3 Å². The second-order valence-electron chi connectivity index (χ2n) is 5.80. The number of alkyl halides is 3. The van der Waals surface area contributed by atoms with E-state index in [1.807, 2.05) is 4.90 Å². The van der Waals surface area contributed by atoms with Crippen molar-refractivity contribution in [1.82, 2.24) is 9.97 Å². The van der Waals surface area contributed by atoms with E-state index in [0.29, 0.717) is 37.9 Å². The summed E-state index contributed by atoms with van der Waals surface area (Å²) in [6, 6.07) is 4.46. The minimum absolute atomic E-state index is 0.0569. The van der Waals surface area contributed by atoms with Crippen molar-refractivity contribution < 1.29 is 22.7 Å². The van der Waals surface area contributed by atoms with E-state index in [9.17, 15) is 18.0 Å². The lowest BCUT2D eigenvalue weighted by Crippen LogP contribution is -2.37. The van der Waals surface area contributed by atoms with Crippen molar-refractivity contribution in [3.05, 3.63) is 47.3 Å². The van der Waals surface area contributed by atoms with Crippen molar-refractivity contribution in [2.24, 2.45) is 0 Å². The Morgan fingerprint density at radius 1 is 1.27 bits per heavy atom. The number of nitrogens with zero attached hydrogens (tertiary/aromatic N) is 3. The van der Waals surface area contributed by atoms with Crippen molar-refractivity contribution >= 4 is 17.5 Å². The first-order valence-electron chi connectivity index (χ1n) is 7.99. The number of carbonyl (C=O) groups is 1. The van der Waals surface area contributed by atoms with Crippen LogP contribution in [0.4, 0.5) is 24.8 Å². The quantitative estimate of drug-likeness (QED) is 0.905. The molecule has 0 saturated carbocycles. The summed E-state index contributed by atoms with van der Waals surface area (Å²) in [5, 5.41) is 2.46. The lowest BCUT2D eigenvalue weighted by atomic mass is 10.1. The molecular weight excluding hydrogens is 349 g/mol. The minimum atomic E-state index is -4.47. The molecule has 0 bridgehead atoms. The summed E-state index contributed by atoms with van der Waals surface area (Å²) in [5.74, 6) is -0.0585. The number of rotatable bonds is 3. The highest BCUT2D eigenvalue weighted by Crippen LogP contribution is 2.30. The number of anilines is 2. The number of carbonyl (C=O) groups excluding carboxylic acids is 1. The fourth-order valence-corrected chi connectivity index (χ4v) is 2.57. The standard InChI is InChI=1S/C17H17F3N4O2/c1-11-14(10-21-16(22-11)24-5-7-26-8-6-24)15(25)23-13-4-2-3-12(9-13)17(18,19)20/h2-4,9-10H,5-8H2,1H3,(H,23,25). The monoisotopic (exact) mass is 366 g/mol. The molecule has 0 spiro atoms. The number of morpholine rings is 1. The van der Waals surface area contributed by atoms with Crippen LogP contribution in [0, 0.1) is 6.92 Å². The van der Waals surface area contributed by atoms with Gasteiger partial charge in [0.15, 0.2) is 0 Å². The SMILES string of the molecule is Cc1nc(N2CCOCC2)ncc1C(=O)Nc1cccc(C(F)(F)F)c1. The summed E-state index contributed by atoms with van der Waals surface area (Å²) in [6.07, 6.45) is -3.09. The average Bonchev–Trinajstić information content (AvgIpc) is 2.62. The van der Waals surface area contributed by atoms with Gasteiger partial charge < -0.3 is 15.0 Å². The van der Waals surface area contributed by atoms with Gasteiger partial charge in [-0.15, -0.1) is 0 Å². The highest BCUT2D eigenvalue weighted by molar-refractivity contribution is 6.04. The number of hydrogen-bond donors (Lipinski definition) is 1. The molecule has 26 heavy (non-hydrogen) atoms. The van der Waals surface area contributed by atoms with Crippen LogP contribution < -0.4 is 10.2 Å². The Labute approximate surface area is 148 Å². The molecule has 2 heterocycles. The van der Waals surface area contributed by atoms with Gasteiger partial charge in [-0.3, -0.25) is 4.79 Å². The van der Waals surface area contributed by atoms with E-state index in [2.05, 4.69) is 15.3 Å². The van der Waals surface area contributed by atoms with Crippen LogP contribution in [0.15, 0.2) is 30.5 Å². The van der Waals surface area contributed by atoms with Crippen molar-refractivity contribution in [3.63, 3.8) is 0 Å². The second kappa shape index (κ2) is 7.28. The van der Waals surface area contributed by atoms with Crippen molar-refractivity contribution in [2.75, 3.05) is 36.5 Å². The van der Waals surface area contributed by atoms with Gasteiger partial charge in [-0.2, -0.15) is 13.2 Å². The van der Waals surface area contributed by atoms with Gasteiger partial charge >= 0.3 is 6.18 Å². The molecule has 0 unspecified atom stereocenters. The van der Waals surface area contributed by atoms with Gasteiger partial charge in [0.1, 0.15) is 0 Å². The summed E-state index contributed by atoms with van der Waals surface area (Å²) in [4.78, 5) is 22.9. The number of aryl methyl sites for hydroxylation is 1. The minimum Gasteiger partial charge on any atom is -0.378 e. The lowest BCUT2D eigenvalue weighted by Gasteiger charge is -2.27. The first-order valence-corrected chi connectivity index (χ1v) is 7.99. The number of halogens is 3. The third-order valence-corrected chi connectivity index (χ3v) is 3.95. The van der Waals surface area contributed by atoms with E-state index in [4.69, 9.17) is 4.74 Å². The number of amides is 1. The van der Waals surface area contributed by atoms with Crippen molar-refractivity contribution in [2.45, 2.75) is 13.1 Å². The second-order valence-corrected chi connectivity index (χ2v) is 5.80. The van der Waals surface area contributed by atoms with Gasteiger partial charge in [0, 0.05) is 25.0 Å². The number of aromatic nitrogens is 2.